The van der Waals surface area contributed by atoms with Crippen molar-refractivity contribution in [3.8, 4) is 0 Å². The first-order valence-corrected chi connectivity index (χ1v) is 6.28. The summed E-state index contributed by atoms with van der Waals surface area (Å²) in [5.74, 6) is 0. The molecule has 1 N–H and O–H groups in total. The van der Waals surface area contributed by atoms with E-state index in [4.69, 9.17) is 5.11 Å². The van der Waals surface area contributed by atoms with Crippen molar-refractivity contribution in [1.29, 1.82) is 0 Å². The van der Waals surface area contributed by atoms with Crippen molar-refractivity contribution in [1.82, 2.24) is 4.90 Å². The van der Waals surface area contributed by atoms with Crippen LogP contribution in [-0.2, 0) is 0 Å². The minimum atomic E-state index is 0.369. The predicted molar refractivity (Wildman–Crippen MR) is 58.3 cm³/mol. The Morgan fingerprint density at radius 2 is 1.79 bits per heavy atom. The molecule has 0 amide bonds. The molecule has 1 aliphatic heterocycles. The molecule has 2 aliphatic rings. The molecule has 2 heteroatoms. The SMILES string of the molecule is OCCC1CCCN1C1CCCCC1. The Kier molecular flexibility index (Phi) is 3.82. The molecule has 0 aromatic carbocycles. The Morgan fingerprint density at radius 3 is 2.50 bits per heavy atom. The van der Waals surface area contributed by atoms with E-state index in [0.717, 1.165) is 12.5 Å². The third-order valence-corrected chi connectivity index (χ3v) is 3.93. The van der Waals surface area contributed by atoms with Gasteiger partial charge in [0, 0.05) is 18.7 Å². The first kappa shape index (κ1) is 10.4. The lowest BCUT2D eigenvalue weighted by atomic mass is 9.93. The van der Waals surface area contributed by atoms with Gasteiger partial charge in [-0.2, -0.15) is 0 Å². The summed E-state index contributed by atoms with van der Waals surface area (Å²) in [6.45, 7) is 1.66. The summed E-state index contributed by atoms with van der Waals surface area (Å²) >= 11 is 0. The van der Waals surface area contributed by atoms with Crippen molar-refractivity contribution in [2.75, 3.05) is 13.2 Å². The monoisotopic (exact) mass is 197 g/mol. The van der Waals surface area contributed by atoms with Crippen molar-refractivity contribution < 1.29 is 5.11 Å². The Labute approximate surface area is 87.3 Å². The zero-order valence-corrected chi connectivity index (χ0v) is 9.12. The molecule has 2 fully saturated rings. The second-order valence-corrected chi connectivity index (χ2v) is 4.84. The number of aliphatic hydroxyl groups is 1. The number of nitrogens with zero attached hydrogens (tertiary/aromatic N) is 1. The lowest BCUT2D eigenvalue weighted by Crippen LogP contribution is -2.40. The van der Waals surface area contributed by atoms with Crippen LogP contribution in [-0.4, -0.2) is 35.2 Å². The summed E-state index contributed by atoms with van der Waals surface area (Å²) in [4.78, 5) is 2.69. The molecular weight excluding hydrogens is 174 g/mol. The summed E-state index contributed by atoms with van der Waals surface area (Å²) in [6.07, 6.45) is 10.8. The number of likely N-dealkylation sites (tertiary alicyclic amines) is 1. The zero-order chi connectivity index (χ0) is 9.80. The third kappa shape index (κ3) is 2.29. The van der Waals surface area contributed by atoms with Gasteiger partial charge in [-0.25, -0.2) is 0 Å². The maximum absolute atomic E-state index is 9.02. The average Bonchev–Trinajstić information content (AvgIpc) is 2.68. The maximum Gasteiger partial charge on any atom is 0.0445 e. The highest BCUT2D eigenvalue weighted by molar-refractivity contribution is 4.86. The van der Waals surface area contributed by atoms with Crippen LogP contribution in [0.3, 0.4) is 0 Å². The van der Waals surface area contributed by atoms with Gasteiger partial charge in [0.05, 0.1) is 0 Å². The van der Waals surface area contributed by atoms with Crippen LogP contribution >= 0.6 is 0 Å². The molecule has 0 radical (unpaired) electrons. The van der Waals surface area contributed by atoms with Gasteiger partial charge in [0.1, 0.15) is 0 Å². The summed E-state index contributed by atoms with van der Waals surface area (Å²) in [6, 6.07) is 1.55. The summed E-state index contributed by atoms with van der Waals surface area (Å²) in [7, 11) is 0. The molecule has 0 aromatic heterocycles. The van der Waals surface area contributed by atoms with Crippen LogP contribution in [0.15, 0.2) is 0 Å². The van der Waals surface area contributed by atoms with E-state index in [0.29, 0.717) is 12.6 Å². The second kappa shape index (κ2) is 5.13. The van der Waals surface area contributed by atoms with Gasteiger partial charge in [0.2, 0.25) is 0 Å². The van der Waals surface area contributed by atoms with Crippen LogP contribution in [0.5, 0.6) is 0 Å². The predicted octanol–water partition coefficient (Wildman–Crippen LogP) is 2.17. The summed E-state index contributed by atoms with van der Waals surface area (Å²) < 4.78 is 0. The quantitative estimate of drug-likeness (QED) is 0.749. The topological polar surface area (TPSA) is 23.5 Å². The second-order valence-electron chi connectivity index (χ2n) is 4.84. The van der Waals surface area contributed by atoms with Crippen molar-refractivity contribution in [2.24, 2.45) is 0 Å². The molecule has 82 valence electrons. The first-order chi connectivity index (χ1) is 6.92. The van der Waals surface area contributed by atoms with Crippen molar-refractivity contribution in [2.45, 2.75) is 63.5 Å². The van der Waals surface area contributed by atoms with Crippen LogP contribution in [0.2, 0.25) is 0 Å². The number of hydrogen-bond acceptors (Lipinski definition) is 2. The van der Waals surface area contributed by atoms with E-state index in [-0.39, 0.29) is 0 Å². The van der Waals surface area contributed by atoms with E-state index in [9.17, 15) is 0 Å². The van der Waals surface area contributed by atoms with E-state index in [1.54, 1.807) is 0 Å². The normalized spacial score (nSPS) is 31.1. The van der Waals surface area contributed by atoms with E-state index < -0.39 is 0 Å². The zero-order valence-electron chi connectivity index (χ0n) is 9.12. The number of rotatable bonds is 3. The molecule has 2 rings (SSSR count). The standard InChI is InChI=1S/C12H23NO/c14-10-8-12-7-4-9-13(12)11-5-2-1-3-6-11/h11-12,14H,1-10H2. The van der Waals surface area contributed by atoms with Crippen LogP contribution in [0.1, 0.15) is 51.4 Å². The summed E-state index contributed by atoms with van der Waals surface area (Å²) in [5, 5.41) is 9.02. The largest absolute Gasteiger partial charge is 0.396 e. The minimum Gasteiger partial charge on any atom is -0.396 e. The average molecular weight is 197 g/mol. The molecule has 14 heavy (non-hydrogen) atoms. The molecule has 1 unspecified atom stereocenters. The van der Waals surface area contributed by atoms with Crippen LogP contribution in [0.25, 0.3) is 0 Å². The lowest BCUT2D eigenvalue weighted by molar-refractivity contribution is 0.121. The molecule has 0 aromatic rings. The Balaban J connectivity index is 1.87. The Hall–Kier alpha value is -0.0800. The highest BCUT2D eigenvalue weighted by Crippen LogP contribution is 2.30. The van der Waals surface area contributed by atoms with Gasteiger partial charge >= 0.3 is 0 Å². The molecule has 1 aliphatic carbocycles. The van der Waals surface area contributed by atoms with Crippen LogP contribution < -0.4 is 0 Å². The molecule has 0 spiro atoms. The fraction of sp³-hybridized carbons (Fsp3) is 1.00. The lowest BCUT2D eigenvalue weighted by Gasteiger charge is -2.35. The summed E-state index contributed by atoms with van der Waals surface area (Å²) in [5.41, 5.74) is 0. The smallest absolute Gasteiger partial charge is 0.0445 e. The van der Waals surface area contributed by atoms with Gasteiger partial charge in [-0.05, 0) is 38.6 Å². The third-order valence-electron chi connectivity index (χ3n) is 3.93. The fourth-order valence-corrected chi connectivity index (χ4v) is 3.21. The highest BCUT2D eigenvalue weighted by atomic mass is 16.3. The highest BCUT2D eigenvalue weighted by Gasteiger charge is 2.30. The molecule has 1 saturated carbocycles. The maximum atomic E-state index is 9.02. The van der Waals surface area contributed by atoms with E-state index in [2.05, 4.69) is 4.90 Å². The van der Waals surface area contributed by atoms with E-state index in [1.807, 2.05) is 0 Å². The van der Waals surface area contributed by atoms with Crippen molar-refractivity contribution >= 4 is 0 Å². The first-order valence-electron chi connectivity index (χ1n) is 6.28. The minimum absolute atomic E-state index is 0.369. The number of hydrogen-bond donors (Lipinski definition) is 1. The molecule has 2 nitrogen and oxygen atoms in total. The molecule has 1 heterocycles. The van der Waals surface area contributed by atoms with Crippen LogP contribution in [0, 0.1) is 0 Å². The van der Waals surface area contributed by atoms with Gasteiger partial charge in [0.25, 0.3) is 0 Å². The van der Waals surface area contributed by atoms with E-state index >= 15 is 0 Å². The Morgan fingerprint density at radius 1 is 1.00 bits per heavy atom. The fourth-order valence-electron chi connectivity index (χ4n) is 3.21. The number of aliphatic hydroxyl groups excluding tert-OH is 1. The van der Waals surface area contributed by atoms with Gasteiger partial charge in [-0.3, -0.25) is 4.90 Å². The van der Waals surface area contributed by atoms with Crippen molar-refractivity contribution in [3.05, 3.63) is 0 Å². The van der Waals surface area contributed by atoms with Gasteiger partial charge in [0.15, 0.2) is 0 Å². The Bertz CT molecular complexity index is 166. The molecule has 1 atom stereocenters. The van der Waals surface area contributed by atoms with E-state index in [1.165, 1.54) is 51.5 Å². The van der Waals surface area contributed by atoms with Crippen molar-refractivity contribution in [3.63, 3.8) is 0 Å². The molecule has 1 saturated heterocycles. The van der Waals surface area contributed by atoms with Gasteiger partial charge in [-0.15, -0.1) is 0 Å². The van der Waals surface area contributed by atoms with Crippen LogP contribution in [0.4, 0.5) is 0 Å². The molecule has 0 bridgehead atoms. The van der Waals surface area contributed by atoms with Gasteiger partial charge < -0.3 is 5.11 Å². The molecular formula is C12H23NO. The van der Waals surface area contributed by atoms with Gasteiger partial charge in [-0.1, -0.05) is 19.3 Å².